The van der Waals surface area contributed by atoms with Gasteiger partial charge in [0.2, 0.25) is 0 Å². The van der Waals surface area contributed by atoms with Gasteiger partial charge in [-0.05, 0) is 5.92 Å². The van der Waals surface area contributed by atoms with Crippen LogP contribution >= 0.6 is 0 Å². The Balaban J connectivity index is 2.58. The number of carbonyl (C=O) groups is 1. The van der Waals surface area contributed by atoms with E-state index in [1.54, 1.807) is 60.7 Å². The molecule has 0 saturated carbocycles. The zero-order chi connectivity index (χ0) is 13.7. The Bertz CT molecular complexity index is 582. The molecular weight excluding hydrogens is 240 g/mol. The Labute approximate surface area is 111 Å². The Morgan fingerprint density at radius 3 is 1.74 bits per heavy atom. The van der Waals surface area contributed by atoms with Crippen LogP contribution in [0.5, 0.6) is 0 Å². The molecule has 0 heterocycles. The summed E-state index contributed by atoms with van der Waals surface area (Å²) in [6.45, 7) is 0. The van der Waals surface area contributed by atoms with E-state index in [4.69, 9.17) is 0 Å². The molecule has 19 heavy (non-hydrogen) atoms. The highest BCUT2D eigenvalue weighted by molar-refractivity contribution is 5.85. The molecule has 0 spiro atoms. The standard InChI is InChI=1S/C16H12O3/c17-15(18)11-12-16(19,13-7-3-1-4-8-13)14-9-5-2-6-10-14/h1-10,19H,(H,17,18)/p-1. The summed E-state index contributed by atoms with van der Waals surface area (Å²) < 4.78 is 0. The summed E-state index contributed by atoms with van der Waals surface area (Å²) in [6.07, 6.45) is 0. The van der Waals surface area contributed by atoms with Crippen molar-refractivity contribution in [2.24, 2.45) is 0 Å². The summed E-state index contributed by atoms with van der Waals surface area (Å²) in [5.74, 6) is 2.74. The number of carbonyl (C=O) groups excluding carboxylic acids is 1. The molecule has 0 aromatic heterocycles. The van der Waals surface area contributed by atoms with Crippen molar-refractivity contribution in [3.8, 4) is 11.8 Å². The van der Waals surface area contributed by atoms with Crippen LogP contribution in [0.1, 0.15) is 11.1 Å². The fourth-order valence-corrected chi connectivity index (χ4v) is 1.81. The van der Waals surface area contributed by atoms with Crippen LogP contribution in [0.15, 0.2) is 60.7 Å². The van der Waals surface area contributed by atoms with Crippen LogP contribution in [0.2, 0.25) is 0 Å². The first-order valence-electron chi connectivity index (χ1n) is 5.70. The maximum Gasteiger partial charge on any atom is 0.177 e. The van der Waals surface area contributed by atoms with Crippen molar-refractivity contribution in [2.45, 2.75) is 5.60 Å². The third kappa shape index (κ3) is 2.82. The monoisotopic (exact) mass is 251 g/mol. The van der Waals surface area contributed by atoms with Crippen LogP contribution in [0.3, 0.4) is 0 Å². The number of rotatable bonds is 2. The minimum Gasteiger partial charge on any atom is -0.537 e. The minimum absolute atomic E-state index is 0.509. The average molecular weight is 251 g/mol. The summed E-state index contributed by atoms with van der Waals surface area (Å²) >= 11 is 0. The third-order valence-corrected chi connectivity index (χ3v) is 2.73. The molecule has 1 N–H and O–H groups in total. The Morgan fingerprint density at radius 1 is 0.947 bits per heavy atom. The van der Waals surface area contributed by atoms with Gasteiger partial charge in [0.25, 0.3) is 0 Å². The van der Waals surface area contributed by atoms with E-state index in [1.807, 2.05) is 5.92 Å². The van der Waals surface area contributed by atoms with Crippen molar-refractivity contribution in [1.29, 1.82) is 0 Å². The van der Waals surface area contributed by atoms with Gasteiger partial charge in [-0.2, -0.15) is 0 Å². The molecule has 0 unspecified atom stereocenters. The normalized spacial score (nSPS) is 10.4. The van der Waals surface area contributed by atoms with Crippen LogP contribution in [0.4, 0.5) is 0 Å². The van der Waals surface area contributed by atoms with Gasteiger partial charge < -0.3 is 15.0 Å². The highest BCUT2D eigenvalue weighted by Gasteiger charge is 2.28. The lowest BCUT2D eigenvalue weighted by molar-refractivity contribution is -0.295. The van der Waals surface area contributed by atoms with E-state index >= 15 is 0 Å². The molecule has 0 atom stereocenters. The van der Waals surface area contributed by atoms with Crippen LogP contribution in [-0.4, -0.2) is 11.1 Å². The summed E-state index contributed by atoms with van der Waals surface area (Å²) in [6, 6.07) is 17.4. The molecule has 3 nitrogen and oxygen atoms in total. The number of aliphatic hydroxyl groups is 1. The molecule has 94 valence electrons. The molecule has 0 bridgehead atoms. The zero-order valence-electron chi connectivity index (χ0n) is 10.0. The summed E-state index contributed by atoms with van der Waals surface area (Å²) in [5.41, 5.74) is -0.646. The van der Waals surface area contributed by atoms with Crippen LogP contribution < -0.4 is 5.11 Å². The van der Waals surface area contributed by atoms with Gasteiger partial charge in [-0.1, -0.05) is 66.6 Å². The number of hydrogen-bond acceptors (Lipinski definition) is 3. The number of aliphatic carboxylic acids is 1. The van der Waals surface area contributed by atoms with E-state index in [0.717, 1.165) is 0 Å². The van der Waals surface area contributed by atoms with Crippen molar-refractivity contribution < 1.29 is 15.0 Å². The smallest absolute Gasteiger partial charge is 0.177 e. The topological polar surface area (TPSA) is 60.4 Å². The van der Waals surface area contributed by atoms with Gasteiger partial charge in [-0.3, -0.25) is 0 Å². The largest absolute Gasteiger partial charge is 0.537 e. The second-order valence-corrected chi connectivity index (χ2v) is 3.98. The summed E-state index contributed by atoms with van der Waals surface area (Å²) in [5, 5.41) is 21.3. The lowest BCUT2D eigenvalue weighted by Gasteiger charge is -2.23. The van der Waals surface area contributed by atoms with Gasteiger partial charge in [-0.15, -0.1) is 0 Å². The van der Waals surface area contributed by atoms with E-state index in [0.29, 0.717) is 11.1 Å². The molecule has 0 aliphatic carbocycles. The molecule has 3 heteroatoms. The lowest BCUT2D eigenvalue weighted by Crippen LogP contribution is -2.27. The first-order chi connectivity index (χ1) is 9.13. The van der Waals surface area contributed by atoms with Gasteiger partial charge >= 0.3 is 0 Å². The van der Waals surface area contributed by atoms with E-state index in [1.165, 1.54) is 0 Å². The Kier molecular flexibility index (Phi) is 3.65. The van der Waals surface area contributed by atoms with Gasteiger partial charge in [-0.25, -0.2) is 0 Å². The number of benzene rings is 2. The highest BCUT2D eigenvalue weighted by Crippen LogP contribution is 2.28. The molecule has 0 saturated heterocycles. The number of carboxylic acid groups (broad SMARTS) is 1. The maximum absolute atomic E-state index is 10.7. The molecule has 2 aromatic rings. The van der Waals surface area contributed by atoms with Crippen LogP contribution in [0, 0.1) is 11.8 Å². The van der Waals surface area contributed by atoms with Gasteiger partial charge in [0.15, 0.2) is 5.60 Å². The molecule has 0 radical (unpaired) electrons. The van der Waals surface area contributed by atoms with Crippen molar-refractivity contribution in [3.63, 3.8) is 0 Å². The van der Waals surface area contributed by atoms with Crippen molar-refractivity contribution >= 4 is 5.97 Å². The fraction of sp³-hybridized carbons (Fsp3) is 0.0625. The molecule has 0 aliphatic rings. The zero-order valence-corrected chi connectivity index (χ0v) is 10.0. The van der Waals surface area contributed by atoms with Crippen molar-refractivity contribution in [2.75, 3.05) is 0 Å². The Hall–Kier alpha value is -2.57. The van der Waals surface area contributed by atoms with Crippen LogP contribution in [0.25, 0.3) is 0 Å². The first-order valence-corrected chi connectivity index (χ1v) is 5.70. The van der Waals surface area contributed by atoms with E-state index in [-0.39, 0.29) is 0 Å². The first kappa shape index (κ1) is 12.9. The van der Waals surface area contributed by atoms with Crippen molar-refractivity contribution in [1.82, 2.24) is 0 Å². The number of hydrogen-bond donors (Lipinski definition) is 1. The average Bonchev–Trinajstić information content (AvgIpc) is 2.46. The predicted octanol–water partition coefficient (Wildman–Crippen LogP) is 0.676. The molecule has 2 rings (SSSR count). The van der Waals surface area contributed by atoms with E-state index < -0.39 is 11.6 Å². The summed E-state index contributed by atoms with van der Waals surface area (Å²) in [4.78, 5) is 10.5. The van der Waals surface area contributed by atoms with E-state index in [2.05, 4.69) is 5.92 Å². The lowest BCUT2D eigenvalue weighted by atomic mass is 9.87. The molecule has 0 amide bonds. The van der Waals surface area contributed by atoms with E-state index in [9.17, 15) is 15.0 Å². The molecular formula is C16H11O3-. The molecule has 2 aromatic carbocycles. The predicted molar refractivity (Wildman–Crippen MR) is 68.7 cm³/mol. The fourth-order valence-electron chi connectivity index (χ4n) is 1.81. The van der Waals surface area contributed by atoms with Gasteiger partial charge in [0.1, 0.15) is 5.97 Å². The van der Waals surface area contributed by atoms with Crippen LogP contribution in [-0.2, 0) is 10.4 Å². The van der Waals surface area contributed by atoms with Gasteiger partial charge in [0.05, 0.1) is 0 Å². The SMILES string of the molecule is O=C([O-])C#CC(O)(c1ccccc1)c1ccccc1. The highest BCUT2D eigenvalue weighted by atomic mass is 16.4. The second kappa shape index (κ2) is 5.38. The molecule has 0 fully saturated rings. The summed E-state index contributed by atoms with van der Waals surface area (Å²) in [7, 11) is 0. The Morgan fingerprint density at radius 2 is 1.37 bits per heavy atom. The number of carboxylic acids is 1. The molecule has 0 aliphatic heterocycles. The maximum atomic E-state index is 10.7. The van der Waals surface area contributed by atoms with Gasteiger partial charge in [0, 0.05) is 11.1 Å². The quantitative estimate of drug-likeness (QED) is 0.798. The second-order valence-electron chi connectivity index (χ2n) is 3.98. The minimum atomic E-state index is -1.66. The van der Waals surface area contributed by atoms with Crippen molar-refractivity contribution in [3.05, 3.63) is 71.8 Å². The third-order valence-electron chi connectivity index (χ3n) is 2.73.